The Labute approximate surface area is 181 Å². The van der Waals surface area contributed by atoms with Crippen LogP contribution in [0.15, 0.2) is 42.5 Å². The number of halogens is 3. The van der Waals surface area contributed by atoms with Gasteiger partial charge in [-0.1, -0.05) is 35.3 Å². The van der Waals surface area contributed by atoms with Gasteiger partial charge in [-0.2, -0.15) is 5.26 Å². The predicted molar refractivity (Wildman–Crippen MR) is 109 cm³/mol. The molecular formula is C20H16Cl2FN3O4. The fraction of sp³-hybridized carbons (Fsp3) is 0.200. The molecule has 0 spiro atoms. The smallest absolute Gasteiger partial charge is 0.325 e. The normalized spacial score (nSPS) is 10.1. The number of hydrogen-bond donors (Lipinski definition) is 1. The summed E-state index contributed by atoms with van der Waals surface area (Å²) >= 11 is 11.6. The summed E-state index contributed by atoms with van der Waals surface area (Å²) < 4.78 is 18.9. The number of anilines is 1. The fourth-order valence-corrected chi connectivity index (χ4v) is 2.67. The third kappa shape index (κ3) is 6.44. The molecule has 156 valence electrons. The number of nitrogens with zero attached hydrogens (tertiary/aromatic N) is 2. The molecule has 7 nitrogen and oxygen atoms in total. The molecule has 0 aliphatic heterocycles. The minimum atomic E-state index is -0.870. The van der Waals surface area contributed by atoms with Crippen molar-refractivity contribution in [2.75, 3.05) is 24.6 Å². The van der Waals surface area contributed by atoms with Crippen molar-refractivity contribution in [1.82, 2.24) is 5.32 Å². The molecule has 0 saturated heterocycles. The molecule has 2 aromatic rings. The second kappa shape index (κ2) is 11.1. The van der Waals surface area contributed by atoms with Crippen LogP contribution in [0.2, 0.25) is 10.0 Å². The molecular weight excluding hydrogens is 436 g/mol. The van der Waals surface area contributed by atoms with Gasteiger partial charge in [-0.3, -0.25) is 14.4 Å². The molecule has 30 heavy (non-hydrogen) atoms. The number of amides is 2. The van der Waals surface area contributed by atoms with E-state index in [2.05, 4.69) is 5.32 Å². The van der Waals surface area contributed by atoms with Crippen molar-refractivity contribution in [3.05, 3.63) is 63.9 Å². The van der Waals surface area contributed by atoms with Crippen molar-refractivity contribution in [3.63, 3.8) is 0 Å². The third-order valence-corrected chi connectivity index (χ3v) is 4.56. The number of rotatable bonds is 8. The van der Waals surface area contributed by atoms with Crippen LogP contribution in [-0.2, 0) is 14.3 Å². The average Bonchev–Trinajstić information content (AvgIpc) is 2.73. The number of para-hydroxylation sites is 1. The highest BCUT2D eigenvalue weighted by Gasteiger charge is 2.20. The molecule has 0 saturated carbocycles. The maximum absolute atomic E-state index is 14.0. The summed E-state index contributed by atoms with van der Waals surface area (Å²) in [5.74, 6) is -2.81. The quantitative estimate of drug-likeness (QED) is 0.620. The van der Waals surface area contributed by atoms with Crippen molar-refractivity contribution in [3.8, 4) is 6.07 Å². The Morgan fingerprint density at radius 3 is 2.53 bits per heavy atom. The number of benzene rings is 2. The molecule has 0 aliphatic rings. The highest BCUT2D eigenvalue weighted by molar-refractivity contribution is 6.42. The maximum atomic E-state index is 14.0. The summed E-state index contributed by atoms with van der Waals surface area (Å²) in [4.78, 5) is 37.3. The zero-order valence-corrected chi connectivity index (χ0v) is 17.0. The fourth-order valence-electron chi connectivity index (χ4n) is 2.37. The molecule has 0 aliphatic carbocycles. The standard InChI is InChI=1S/C20H16Cl2FN3O4/c21-14-7-6-13(10-15(14)22)20(29)25-11-19(28)30-12-18(27)26(9-3-8-24)17-5-2-1-4-16(17)23/h1-2,4-7,10H,3,9,11-12H2,(H,25,29). The van der Waals surface area contributed by atoms with E-state index in [0.29, 0.717) is 0 Å². The van der Waals surface area contributed by atoms with Crippen LogP contribution in [0, 0.1) is 17.1 Å². The van der Waals surface area contributed by atoms with Crippen molar-refractivity contribution in [2.24, 2.45) is 0 Å². The first-order chi connectivity index (χ1) is 14.3. The van der Waals surface area contributed by atoms with Gasteiger partial charge in [-0.25, -0.2) is 4.39 Å². The van der Waals surface area contributed by atoms with Crippen LogP contribution in [0.25, 0.3) is 0 Å². The Hall–Kier alpha value is -3.15. The predicted octanol–water partition coefficient (Wildman–Crippen LogP) is 3.35. The molecule has 0 fully saturated rings. The number of hydrogen-bond acceptors (Lipinski definition) is 5. The maximum Gasteiger partial charge on any atom is 0.325 e. The van der Waals surface area contributed by atoms with Crippen molar-refractivity contribution < 1.29 is 23.5 Å². The Balaban J connectivity index is 1.91. The third-order valence-electron chi connectivity index (χ3n) is 3.82. The first-order valence-corrected chi connectivity index (χ1v) is 9.39. The van der Waals surface area contributed by atoms with Gasteiger partial charge in [0.25, 0.3) is 11.8 Å². The largest absolute Gasteiger partial charge is 0.454 e. The van der Waals surface area contributed by atoms with E-state index in [9.17, 15) is 18.8 Å². The summed E-state index contributed by atoms with van der Waals surface area (Å²) in [5.41, 5.74) is 0.164. The first kappa shape index (κ1) is 23.1. The molecule has 2 amide bonds. The van der Waals surface area contributed by atoms with Gasteiger partial charge >= 0.3 is 5.97 Å². The van der Waals surface area contributed by atoms with Gasteiger partial charge in [0.1, 0.15) is 12.4 Å². The molecule has 1 N–H and O–H groups in total. The summed E-state index contributed by atoms with van der Waals surface area (Å²) in [5, 5.41) is 11.5. The van der Waals surface area contributed by atoms with Gasteiger partial charge in [0.05, 0.1) is 28.2 Å². The Kier molecular flexibility index (Phi) is 8.59. The number of carbonyl (C=O) groups is 3. The van der Waals surface area contributed by atoms with E-state index in [1.807, 2.05) is 6.07 Å². The first-order valence-electron chi connectivity index (χ1n) is 8.64. The second-order valence-corrected chi connectivity index (χ2v) is 6.69. The van der Waals surface area contributed by atoms with Gasteiger partial charge in [-0.05, 0) is 30.3 Å². The number of carbonyl (C=O) groups excluding carboxylic acids is 3. The number of esters is 1. The van der Waals surface area contributed by atoms with Crippen LogP contribution < -0.4 is 10.2 Å². The van der Waals surface area contributed by atoms with Crippen LogP contribution in [0.1, 0.15) is 16.8 Å². The Morgan fingerprint density at radius 2 is 1.87 bits per heavy atom. The molecule has 10 heteroatoms. The van der Waals surface area contributed by atoms with E-state index in [0.717, 1.165) is 4.90 Å². The van der Waals surface area contributed by atoms with Crippen molar-refractivity contribution >= 4 is 46.7 Å². The molecule has 0 unspecified atom stereocenters. The number of ether oxygens (including phenoxy) is 1. The summed E-state index contributed by atoms with van der Waals surface area (Å²) in [6, 6.07) is 11.6. The highest BCUT2D eigenvalue weighted by atomic mass is 35.5. The van der Waals surface area contributed by atoms with E-state index in [4.69, 9.17) is 33.2 Å². The molecule has 0 heterocycles. The van der Waals surface area contributed by atoms with Crippen LogP contribution in [0.5, 0.6) is 0 Å². The second-order valence-electron chi connectivity index (χ2n) is 5.88. The summed E-state index contributed by atoms with van der Waals surface area (Å²) in [6.07, 6.45) is -0.0340. The van der Waals surface area contributed by atoms with E-state index in [1.54, 1.807) is 0 Å². The minimum Gasteiger partial charge on any atom is -0.454 e. The molecule has 0 radical (unpaired) electrons. The zero-order chi connectivity index (χ0) is 22.1. The van der Waals surface area contributed by atoms with Crippen LogP contribution in [-0.4, -0.2) is 37.5 Å². The molecule has 2 aromatic carbocycles. The van der Waals surface area contributed by atoms with E-state index >= 15 is 0 Å². The average molecular weight is 452 g/mol. The topological polar surface area (TPSA) is 99.5 Å². The van der Waals surface area contributed by atoms with E-state index < -0.39 is 36.8 Å². The summed E-state index contributed by atoms with van der Waals surface area (Å²) in [7, 11) is 0. The lowest BCUT2D eigenvalue weighted by atomic mass is 10.2. The van der Waals surface area contributed by atoms with Crippen LogP contribution in [0.4, 0.5) is 10.1 Å². The lowest BCUT2D eigenvalue weighted by Crippen LogP contribution is -2.37. The lowest BCUT2D eigenvalue weighted by Gasteiger charge is -2.22. The van der Waals surface area contributed by atoms with E-state index in [1.165, 1.54) is 42.5 Å². The molecule has 0 atom stereocenters. The summed E-state index contributed by atoms with van der Waals surface area (Å²) in [6.45, 7) is -1.24. The van der Waals surface area contributed by atoms with Crippen molar-refractivity contribution in [1.29, 1.82) is 5.26 Å². The van der Waals surface area contributed by atoms with Gasteiger partial charge in [0, 0.05) is 12.1 Å². The Morgan fingerprint density at radius 1 is 1.13 bits per heavy atom. The lowest BCUT2D eigenvalue weighted by molar-refractivity contribution is -0.146. The van der Waals surface area contributed by atoms with Crippen LogP contribution >= 0.6 is 23.2 Å². The highest BCUT2D eigenvalue weighted by Crippen LogP contribution is 2.22. The van der Waals surface area contributed by atoms with Gasteiger partial charge < -0.3 is 15.0 Å². The number of nitrogens with one attached hydrogen (secondary N) is 1. The minimum absolute atomic E-state index is 0.0262. The van der Waals surface area contributed by atoms with Gasteiger partial charge in [0.2, 0.25) is 0 Å². The Bertz CT molecular complexity index is 994. The molecule has 0 aromatic heterocycles. The monoisotopic (exact) mass is 451 g/mol. The van der Waals surface area contributed by atoms with Gasteiger partial charge in [0.15, 0.2) is 6.61 Å². The van der Waals surface area contributed by atoms with E-state index in [-0.39, 0.29) is 34.3 Å². The number of nitriles is 1. The van der Waals surface area contributed by atoms with Crippen LogP contribution in [0.3, 0.4) is 0 Å². The SMILES string of the molecule is N#CCCN(C(=O)COC(=O)CNC(=O)c1ccc(Cl)c(Cl)c1)c1ccccc1F. The molecule has 2 rings (SSSR count). The zero-order valence-electron chi connectivity index (χ0n) is 15.5. The van der Waals surface area contributed by atoms with Gasteiger partial charge in [-0.15, -0.1) is 0 Å². The van der Waals surface area contributed by atoms with Crippen molar-refractivity contribution in [2.45, 2.75) is 6.42 Å². The molecule has 0 bridgehead atoms.